The van der Waals surface area contributed by atoms with Gasteiger partial charge in [-0.2, -0.15) is 0 Å². The van der Waals surface area contributed by atoms with E-state index < -0.39 is 0 Å². The average molecular weight is 476 g/mol. The lowest BCUT2D eigenvalue weighted by atomic mass is 10.1. The third kappa shape index (κ3) is 7.41. The van der Waals surface area contributed by atoms with Gasteiger partial charge in [0.2, 0.25) is 11.8 Å². The lowest BCUT2D eigenvalue weighted by Crippen LogP contribution is -2.52. The number of carbonyl (C=O) groups is 2. The molecule has 1 aliphatic rings. The van der Waals surface area contributed by atoms with Gasteiger partial charge in [0.05, 0.1) is 33.0 Å². The monoisotopic (exact) mass is 475 g/mol. The van der Waals surface area contributed by atoms with Gasteiger partial charge in [-0.1, -0.05) is 0 Å². The van der Waals surface area contributed by atoms with Crippen LogP contribution in [0, 0.1) is 0 Å². The molecule has 0 bridgehead atoms. The molecule has 2 N–H and O–H groups in total. The molecule has 33 heavy (non-hydrogen) atoms. The number of amides is 2. The van der Waals surface area contributed by atoms with Gasteiger partial charge in [-0.05, 0) is 32.9 Å². The van der Waals surface area contributed by atoms with Gasteiger partial charge in [-0.25, -0.2) is 4.98 Å². The van der Waals surface area contributed by atoms with Gasteiger partial charge in [-0.15, -0.1) is 11.3 Å². The van der Waals surface area contributed by atoms with E-state index >= 15 is 0 Å². The summed E-state index contributed by atoms with van der Waals surface area (Å²) in [5.41, 5.74) is 1.34. The van der Waals surface area contributed by atoms with Crippen molar-refractivity contribution >= 4 is 28.3 Å². The number of aromatic nitrogens is 1. The van der Waals surface area contributed by atoms with Crippen molar-refractivity contribution in [3.8, 4) is 22.8 Å². The first-order valence-corrected chi connectivity index (χ1v) is 11.8. The number of rotatable bonds is 8. The van der Waals surface area contributed by atoms with Gasteiger partial charge in [0.1, 0.15) is 11.5 Å². The van der Waals surface area contributed by atoms with E-state index in [1.54, 1.807) is 20.3 Å². The van der Waals surface area contributed by atoms with Crippen molar-refractivity contribution in [2.45, 2.75) is 26.3 Å². The van der Waals surface area contributed by atoms with Crippen LogP contribution in [0.2, 0.25) is 0 Å². The highest BCUT2D eigenvalue weighted by Gasteiger charge is 2.22. The van der Waals surface area contributed by atoms with Crippen molar-refractivity contribution < 1.29 is 19.1 Å². The summed E-state index contributed by atoms with van der Waals surface area (Å²) in [6, 6.07) is 5.54. The molecule has 1 fully saturated rings. The van der Waals surface area contributed by atoms with Crippen molar-refractivity contribution in [1.29, 1.82) is 0 Å². The molecule has 2 heterocycles. The Morgan fingerprint density at radius 2 is 1.67 bits per heavy atom. The predicted molar refractivity (Wildman–Crippen MR) is 130 cm³/mol. The fraction of sp³-hybridized carbons (Fsp3) is 0.522. The zero-order chi connectivity index (χ0) is 24.0. The lowest BCUT2D eigenvalue weighted by molar-refractivity contribution is -0.124. The number of thiazole rings is 1. The molecule has 1 aromatic carbocycles. The molecule has 0 aliphatic carbocycles. The van der Waals surface area contributed by atoms with Crippen LogP contribution in [0.3, 0.4) is 0 Å². The molecule has 0 unspecified atom stereocenters. The summed E-state index contributed by atoms with van der Waals surface area (Å²) < 4.78 is 10.7. The molecule has 0 saturated carbocycles. The number of nitrogens with one attached hydrogen (secondary N) is 2. The van der Waals surface area contributed by atoms with Crippen LogP contribution in [0.4, 0.5) is 5.13 Å². The maximum Gasteiger partial charge on any atom is 0.240 e. The number of anilines is 1. The Balaban J connectivity index is 1.48. The van der Waals surface area contributed by atoms with Gasteiger partial charge in [0.25, 0.3) is 0 Å². The quantitative estimate of drug-likeness (QED) is 0.605. The number of ether oxygens (including phenoxy) is 2. The van der Waals surface area contributed by atoms with Crippen LogP contribution in [-0.4, -0.2) is 85.6 Å². The zero-order valence-electron chi connectivity index (χ0n) is 19.9. The number of carbonyl (C=O) groups excluding carboxylic acids is 2. The van der Waals surface area contributed by atoms with Crippen LogP contribution in [0.5, 0.6) is 11.5 Å². The number of benzene rings is 1. The smallest absolute Gasteiger partial charge is 0.240 e. The minimum absolute atomic E-state index is 0.0294. The number of piperazine rings is 1. The molecule has 1 saturated heterocycles. The maximum atomic E-state index is 12.5. The summed E-state index contributed by atoms with van der Waals surface area (Å²) >= 11 is 1.37. The highest BCUT2D eigenvalue weighted by Crippen LogP contribution is 2.34. The first-order valence-electron chi connectivity index (χ1n) is 10.9. The van der Waals surface area contributed by atoms with Gasteiger partial charge in [0.15, 0.2) is 5.13 Å². The Labute approximate surface area is 199 Å². The molecule has 1 aromatic heterocycles. The summed E-state index contributed by atoms with van der Waals surface area (Å²) in [6.45, 7) is 9.58. The zero-order valence-corrected chi connectivity index (χ0v) is 20.8. The minimum Gasteiger partial charge on any atom is -0.497 e. The second kappa shape index (κ2) is 11.0. The van der Waals surface area contributed by atoms with E-state index in [-0.39, 0.29) is 17.4 Å². The van der Waals surface area contributed by atoms with Crippen molar-refractivity contribution in [3.63, 3.8) is 0 Å². The van der Waals surface area contributed by atoms with E-state index in [0.29, 0.717) is 29.7 Å². The van der Waals surface area contributed by atoms with E-state index in [4.69, 9.17) is 9.47 Å². The summed E-state index contributed by atoms with van der Waals surface area (Å²) in [7, 11) is 3.21. The summed E-state index contributed by atoms with van der Waals surface area (Å²) in [5, 5.41) is 8.31. The fourth-order valence-electron chi connectivity index (χ4n) is 3.59. The van der Waals surface area contributed by atoms with Gasteiger partial charge in [0, 0.05) is 48.7 Å². The molecule has 3 rings (SSSR count). The minimum atomic E-state index is -0.231. The summed E-state index contributed by atoms with van der Waals surface area (Å²) in [4.78, 5) is 33.4. The second-order valence-corrected chi connectivity index (χ2v) is 9.86. The van der Waals surface area contributed by atoms with E-state index in [1.807, 2.05) is 38.3 Å². The molecule has 0 radical (unpaired) electrons. The Bertz CT molecular complexity index is 964. The fourth-order valence-corrected chi connectivity index (χ4v) is 4.32. The Morgan fingerprint density at radius 1 is 1.03 bits per heavy atom. The van der Waals surface area contributed by atoms with E-state index in [9.17, 15) is 9.59 Å². The van der Waals surface area contributed by atoms with E-state index in [0.717, 1.165) is 37.4 Å². The van der Waals surface area contributed by atoms with Gasteiger partial charge < -0.3 is 20.1 Å². The molecule has 2 amide bonds. The Morgan fingerprint density at radius 3 is 2.24 bits per heavy atom. The molecule has 9 nitrogen and oxygen atoms in total. The van der Waals surface area contributed by atoms with E-state index in [1.165, 1.54) is 11.3 Å². The Kier molecular flexibility index (Phi) is 8.28. The molecular formula is C23H33N5O4S. The van der Waals surface area contributed by atoms with E-state index in [2.05, 4.69) is 25.4 Å². The van der Waals surface area contributed by atoms with Crippen molar-refractivity contribution in [2.75, 3.05) is 58.8 Å². The molecule has 0 spiro atoms. The topological polar surface area (TPSA) is 96.0 Å². The average Bonchev–Trinajstić information content (AvgIpc) is 3.21. The molecule has 0 atom stereocenters. The largest absolute Gasteiger partial charge is 0.497 e. The first-order chi connectivity index (χ1) is 15.7. The first kappa shape index (κ1) is 24.9. The number of methoxy groups -OCH3 is 2. The van der Waals surface area contributed by atoms with Crippen LogP contribution in [0.25, 0.3) is 11.3 Å². The second-order valence-electron chi connectivity index (χ2n) is 9.00. The van der Waals surface area contributed by atoms with Crippen LogP contribution in [-0.2, 0) is 9.59 Å². The van der Waals surface area contributed by atoms with Crippen LogP contribution in [0.1, 0.15) is 20.8 Å². The molecule has 2 aromatic rings. The molecule has 1 aliphatic heterocycles. The highest BCUT2D eigenvalue weighted by atomic mass is 32.1. The standard InChI is InChI=1S/C23H33N5O4S/c1-23(2,3)26-21(30)14-28-10-8-27(9-11-28)13-20(29)25-22-24-18(15-33-22)17-7-6-16(31-4)12-19(17)32-5/h6-7,12,15H,8-11,13-14H2,1-5H3,(H,26,30)(H,24,25,29). The molecular weight excluding hydrogens is 442 g/mol. The van der Waals surface area contributed by atoms with Gasteiger partial charge in [-0.3, -0.25) is 19.4 Å². The summed E-state index contributed by atoms with van der Waals surface area (Å²) in [5.74, 6) is 1.29. The predicted octanol–water partition coefficient (Wildman–Crippen LogP) is 2.30. The number of hydrogen-bond donors (Lipinski definition) is 2. The third-order valence-electron chi connectivity index (χ3n) is 5.15. The molecule has 180 valence electrons. The van der Waals surface area contributed by atoms with Crippen molar-refractivity contribution in [1.82, 2.24) is 20.1 Å². The highest BCUT2D eigenvalue weighted by molar-refractivity contribution is 7.14. The van der Waals surface area contributed by atoms with Gasteiger partial charge >= 0.3 is 0 Å². The van der Waals surface area contributed by atoms with Crippen molar-refractivity contribution in [3.05, 3.63) is 23.6 Å². The Hall–Kier alpha value is -2.69. The van der Waals surface area contributed by atoms with Crippen LogP contribution < -0.4 is 20.1 Å². The lowest BCUT2D eigenvalue weighted by Gasteiger charge is -2.34. The summed E-state index contributed by atoms with van der Waals surface area (Å²) in [6.07, 6.45) is 0. The van der Waals surface area contributed by atoms with Crippen LogP contribution in [0.15, 0.2) is 23.6 Å². The number of hydrogen-bond acceptors (Lipinski definition) is 8. The van der Waals surface area contributed by atoms with Crippen LogP contribution >= 0.6 is 11.3 Å². The maximum absolute atomic E-state index is 12.5. The van der Waals surface area contributed by atoms with Crippen molar-refractivity contribution in [2.24, 2.45) is 0 Å². The SMILES string of the molecule is COc1ccc(-c2csc(NC(=O)CN3CCN(CC(=O)NC(C)(C)C)CC3)n2)c(OC)c1. The molecule has 10 heteroatoms. The normalized spacial score (nSPS) is 15.2. The third-order valence-corrected chi connectivity index (χ3v) is 5.91. The number of nitrogens with zero attached hydrogens (tertiary/aromatic N) is 3.